The number of hydrazine groups is 1. The van der Waals surface area contributed by atoms with Crippen LogP contribution in [0.25, 0.3) is 11.4 Å². The Morgan fingerprint density at radius 1 is 1.20 bits per heavy atom. The van der Waals surface area contributed by atoms with Crippen LogP contribution < -0.4 is 11.3 Å². The molecule has 2 rings (SSSR count). The lowest BCUT2D eigenvalue weighted by Crippen LogP contribution is -2.14. The van der Waals surface area contributed by atoms with Gasteiger partial charge in [0.15, 0.2) is 5.82 Å². The quantitative estimate of drug-likeness (QED) is 0.659. The van der Waals surface area contributed by atoms with E-state index < -0.39 is 0 Å². The largest absolute Gasteiger partial charge is 0.308 e. The molecule has 0 bridgehead atoms. The van der Waals surface area contributed by atoms with E-state index in [4.69, 9.17) is 29.0 Å². The molecule has 6 heteroatoms. The number of nitrogens with one attached hydrogen (secondary N) is 1. The van der Waals surface area contributed by atoms with Crippen LogP contribution in [0, 0.1) is 6.92 Å². The molecule has 3 N–H and O–H groups in total. The van der Waals surface area contributed by atoms with Crippen LogP contribution >= 0.6 is 23.2 Å². The summed E-state index contributed by atoms with van der Waals surface area (Å²) in [6, 6.07) is 5.37. The van der Waals surface area contributed by atoms with Gasteiger partial charge in [0.1, 0.15) is 5.82 Å². The van der Waals surface area contributed by atoms with Crippen molar-refractivity contribution in [2.75, 3.05) is 5.43 Å². The van der Waals surface area contributed by atoms with Crippen molar-refractivity contribution < 1.29 is 0 Å². The zero-order valence-electron chi connectivity index (χ0n) is 11.5. The van der Waals surface area contributed by atoms with Gasteiger partial charge < -0.3 is 5.43 Å². The number of rotatable bonds is 3. The third-order valence-electron chi connectivity index (χ3n) is 3.04. The lowest BCUT2D eigenvalue weighted by molar-refractivity contribution is 0.832. The van der Waals surface area contributed by atoms with E-state index in [0.717, 1.165) is 11.3 Å². The zero-order chi connectivity index (χ0) is 14.9. The van der Waals surface area contributed by atoms with Crippen LogP contribution in [-0.2, 0) is 0 Å². The molecule has 106 valence electrons. The summed E-state index contributed by atoms with van der Waals surface area (Å²) in [5.74, 6) is 6.96. The molecular weight excluding hydrogens is 295 g/mol. The molecular formula is C14H16Cl2N4. The molecule has 0 amide bonds. The van der Waals surface area contributed by atoms with Gasteiger partial charge in [-0.15, -0.1) is 0 Å². The molecule has 0 unspecified atom stereocenters. The lowest BCUT2D eigenvalue weighted by Gasteiger charge is -2.16. The fourth-order valence-corrected chi connectivity index (χ4v) is 2.56. The van der Waals surface area contributed by atoms with Crippen LogP contribution in [0.2, 0.25) is 10.0 Å². The lowest BCUT2D eigenvalue weighted by atomic mass is 10.0. The molecule has 1 heterocycles. The Kier molecular flexibility index (Phi) is 4.48. The topological polar surface area (TPSA) is 63.8 Å². The fraction of sp³-hybridized carbons (Fsp3) is 0.286. The maximum Gasteiger partial charge on any atom is 0.163 e. The predicted octanol–water partition coefficient (Wildman–Crippen LogP) is 4.17. The normalized spacial score (nSPS) is 10.9. The third-order valence-corrected chi connectivity index (χ3v) is 3.86. The van der Waals surface area contributed by atoms with E-state index in [9.17, 15) is 0 Å². The average Bonchev–Trinajstić information content (AvgIpc) is 2.40. The molecule has 1 aromatic carbocycles. The van der Waals surface area contributed by atoms with Gasteiger partial charge in [-0.3, -0.25) is 0 Å². The summed E-state index contributed by atoms with van der Waals surface area (Å²) in [5.41, 5.74) is 5.19. The molecule has 1 aromatic heterocycles. The van der Waals surface area contributed by atoms with Crippen LogP contribution in [0.15, 0.2) is 18.2 Å². The number of anilines is 1. The summed E-state index contributed by atoms with van der Waals surface area (Å²) in [4.78, 5) is 8.98. The van der Waals surface area contributed by atoms with Gasteiger partial charge in [-0.25, -0.2) is 15.8 Å². The Labute approximate surface area is 128 Å². The highest BCUT2D eigenvalue weighted by Crippen LogP contribution is 2.34. The highest BCUT2D eigenvalue weighted by atomic mass is 35.5. The number of hydrogen-bond acceptors (Lipinski definition) is 4. The molecule has 0 saturated heterocycles. The van der Waals surface area contributed by atoms with Gasteiger partial charge in [-0.05, 0) is 25.0 Å². The molecule has 0 spiro atoms. The summed E-state index contributed by atoms with van der Waals surface area (Å²) in [6.07, 6.45) is 0. The van der Waals surface area contributed by atoms with Crippen molar-refractivity contribution in [3.05, 3.63) is 39.5 Å². The number of nitrogens with zero attached hydrogens (tertiary/aromatic N) is 2. The van der Waals surface area contributed by atoms with Crippen molar-refractivity contribution in [3.8, 4) is 11.4 Å². The second-order valence-electron chi connectivity index (χ2n) is 4.80. The standard InChI is InChI=1S/C14H16Cl2N4/c1-7(2)11-8(3)18-13(19-14(11)20-17)9-5-4-6-10(15)12(9)16/h4-7H,17H2,1-3H3,(H,18,19,20). The smallest absolute Gasteiger partial charge is 0.163 e. The number of benzene rings is 1. The number of halogens is 2. The van der Waals surface area contributed by atoms with Crippen molar-refractivity contribution in [2.24, 2.45) is 5.84 Å². The number of aromatic nitrogens is 2. The van der Waals surface area contributed by atoms with E-state index in [1.165, 1.54) is 0 Å². The second kappa shape index (κ2) is 5.95. The molecule has 4 nitrogen and oxygen atoms in total. The zero-order valence-corrected chi connectivity index (χ0v) is 13.0. The summed E-state index contributed by atoms with van der Waals surface area (Å²) in [5, 5.41) is 0.912. The molecule has 0 aliphatic carbocycles. The molecule has 0 atom stereocenters. The van der Waals surface area contributed by atoms with Crippen molar-refractivity contribution in [3.63, 3.8) is 0 Å². The van der Waals surface area contributed by atoms with Crippen LogP contribution in [0.4, 0.5) is 5.82 Å². The summed E-state index contributed by atoms with van der Waals surface area (Å²) < 4.78 is 0. The van der Waals surface area contributed by atoms with Gasteiger partial charge in [-0.1, -0.05) is 43.1 Å². The fourth-order valence-electron chi connectivity index (χ4n) is 2.18. The van der Waals surface area contributed by atoms with E-state index in [1.807, 2.05) is 19.1 Å². The maximum absolute atomic E-state index is 6.21. The van der Waals surface area contributed by atoms with Crippen LogP contribution in [-0.4, -0.2) is 9.97 Å². The number of nitrogen functional groups attached to an aromatic ring is 1. The Morgan fingerprint density at radius 2 is 1.90 bits per heavy atom. The monoisotopic (exact) mass is 310 g/mol. The van der Waals surface area contributed by atoms with Gasteiger partial charge >= 0.3 is 0 Å². The van der Waals surface area contributed by atoms with Crippen LogP contribution in [0.1, 0.15) is 31.0 Å². The highest BCUT2D eigenvalue weighted by Gasteiger charge is 2.17. The van der Waals surface area contributed by atoms with E-state index in [-0.39, 0.29) is 5.92 Å². The molecule has 2 aromatic rings. The SMILES string of the molecule is Cc1nc(-c2cccc(Cl)c2Cl)nc(NN)c1C(C)C. The van der Waals surface area contributed by atoms with E-state index in [1.54, 1.807) is 6.07 Å². The van der Waals surface area contributed by atoms with Crippen molar-refractivity contribution in [2.45, 2.75) is 26.7 Å². The summed E-state index contributed by atoms with van der Waals surface area (Å²) in [6.45, 7) is 6.07. The average molecular weight is 311 g/mol. The Bertz CT molecular complexity index is 641. The van der Waals surface area contributed by atoms with E-state index in [2.05, 4.69) is 29.2 Å². The molecule has 0 radical (unpaired) electrons. The molecule has 0 aliphatic heterocycles. The predicted molar refractivity (Wildman–Crippen MR) is 84.1 cm³/mol. The molecule has 0 fully saturated rings. The van der Waals surface area contributed by atoms with Crippen molar-refractivity contribution in [1.82, 2.24) is 9.97 Å². The van der Waals surface area contributed by atoms with Crippen LogP contribution in [0.5, 0.6) is 0 Å². The summed E-state index contributed by atoms with van der Waals surface area (Å²) >= 11 is 12.2. The van der Waals surface area contributed by atoms with Crippen molar-refractivity contribution in [1.29, 1.82) is 0 Å². The Hall–Kier alpha value is -1.36. The third kappa shape index (κ3) is 2.73. The molecule has 20 heavy (non-hydrogen) atoms. The molecule has 0 saturated carbocycles. The first-order valence-corrected chi connectivity index (χ1v) is 7.00. The Morgan fingerprint density at radius 3 is 2.50 bits per heavy atom. The summed E-state index contributed by atoms with van der Waals surface area (Å²) in [7, 11) is 0. The first-order chi connectivity index (χ1) is 9.45. The van der Waals surface area contributed by atoms with E-state index in [0.29, 0.717) is 27.3 Å². The maximum atomic E-state index is 6.21. The van der Waals surface area contributed by atoms with E-state index >= 15 is 0 Å². The first-order valence-electron chi connectivity index (χ1n) is 6.25. The number of hydrogen-bond donors (Lipinski definition) is 2. The second-order valence-corrected chi connectivity index (χ2v) is 5.58. The minimum atomic E-state index is 0.268. The minimum absolute atomic E-state index is 0.268. The van der Waals surface area contributed by atoms with Crippen molar-refractivity contribution >= 4 is 29.0 Å². The highest BCUT2D eigenvalue weighted by molar-refractivity contribution is 6.43. The van der Waals surface area contributed by atoms with Gasteiger partial charge in [0.25, 0.3) is 0 Å². The van der Waals surface area contributed by atoms with Crippen LogP contribution in [0.3, 0.4) is 0 Å². The Balaban J connectivity index is 2.65. The van der Waals surface area contributed by atoms with Gasteiger partial charge in [-0.2, -0.15) is 0 Å². The number of nitrogens with two attached hydrogens (primary N) is 1. The van der Waals surface area contributed by atoms with Gasteiger partial charge in [0.2, 0.25) is 0 Å². The molecule has 0 aliphatic rings. The van der Waals surface area contributed by atoms with Gasteiger partial charge in [0, 0.05) is 16.8 Å². The minimum Gasteiger partial charge on any atom is -0.308 e. The first kappa shape index (κ1) is 15.0. The number of aryl methyl sites for hydroxylation is 1. The van der Waals surface area contributed by atoms with Gasteiger partial charge in [0.05, 0.1) is 10.0 Å².